The summed E-state index contributed by atoms with van der Waals surface area (Å²) in [5.41, 5.74) is -1.02. The van der Waals surface area contributed by atoms with E-state index in [4.69, 9.17) is 0 Å². The lowest BCUT2D eigenvalue weighted by Gasteiger charge is -2.30. The SMILES string of the molecule is CC1=NN(C(=O)Cc2ccc(-n3cnnn3)cc2)C(O)(C(F)F)C1. The predicted octanol–water partition coefficient (Wildman–Crippen LogP) is 0.767. The van der Waals surface area contributed by atoms with Gasteiger partial charge in [0.1, 0.15) is 6.33 Å². The van der Waals surface area contributed by atoms with Gasteiger partial charge in [-0.1, -0.05) is 12.1 Å². The molecule has 1 N–H and O–H groups in total. The third-order valence-electron chi connectivity index (χ3n) is 3.64. The van der Waals surface area contributed by atoms with Gasteiger partial charge < -0.3 is 5.11 Å². The van der Waals surface area contributed by atoms with Gasteiger partial charge in [-0.15, -0.1) is 5.10 Å². The van der Waals surface area contributed by atoms with Crippen LogP contribution in [-0.2, 0) is 11.2 Å². The summed E-state index contributed by atoms with van der Waals surface area (Å²) in [4.78, 5) is 12.3. The molecule has 2 heterocycles. The van der Waals surface area contributed by atoms with E-state index in [1.54, 1.807) is 24.3 Å². The Morgan fingerprint density at radius 1 is 1.38 bits per heavy atom. The Morgan fingerprint density at radius 2 is 2.08 bits per heavy atom. The number of hydrazone groups is 1. The molecule has 1 unspecified atom stereocenters. The van der Waals surface area contributed by atoms with Crippen molar-refractivity contribution < 1.29 is 18.7 Å². The summed E-state index contributed by atoms with van der Waals surface area (Å²) in [7, 11) is 0. The number of aliphatic hydroxyl groups is 1. The number of carbonyl (C=O) groups is 1. The van der Waals surface area contributed by atoms with Gasteiger partial charge in [0, 0.05) is 12.1 Å². The first-order valence-corrected chi connectivity index (χ1v) is 7.10. The third-order valence-corrected chi connectivity index (χ3v) is 3.64. The van der Waals surface area contributed by atoms with Crippen LogP contribution in [-0.4, -0.2) is 54.1 Å². The van der Waals surface area contributed by atoms with Gasteiger partial charge in [-0.05, 0) is 35.0 Å². The number of benzene rings is 1. The van der Waals surface area contributed by atoms with E-state index in [9.17, 15) is 18.7 Å². The highest BCUT2D eigenvalue weighted by Crippen LogP contribution is 2.31. The average Bonchev–Trinajstić information content (AvgIpc) is 3.16. The predicted molar refractivity (Wildman–Crippen MR) is 78.4 cm³/mol. The average molecular weight is 336 g/mol. The molecule has 0 radical (unpaired) electrons. The van der Waals surface area contributed by atoms with Gasteiger partial charge in [-0.25, -0.2) is 13.5 Å². The van der Waals surface area contributed by atoms with Crippen LogP contribution >= 0.6 is 0 Å². The molecular formula is C14H14F2N6O2. The summed E-state index contributed by atoms with van der Waals surface area (Å²) in [6.07, 6.45) is -2.22. The molecule has 1 atom stereocenters. The summed E-state index contributed by atoms with van der Waals surface area (Å²) in [5, 5.41) is 25.0. The second-order valence-electron chi connectivity index (χ2n) is 5.49. The number of carbonyl (C=O) groups excluding carboxylic acids is 1. The maximum absolute atomic E-state index is 13.1. The van der Waals surface area contributed by atoms with Crippen molar-refractivity contribution in [2.75, 3.05) is 0 Å². The lowest BCUT2D eigenvalue weighted by molar-refractivity contribution is -0.191. The van der Waals surface area contributed by atoms with Crippen LogP contribution in [0.3, 0.4) is 0 Å². The number of halogens is 2. The van der Waals surface area contributed by atoms with Gasteiger partial charge in [-0.2, -0.15) is 10.1 Å². The molecule has 1 aliphatic rings. The Hall–Kier alpha value is -2.75. The first-order valence-electron chi connectivity index (χ1n) is 7.10. The molecule has 0 saturated heterocycles. The topological polar surface area (TPSA) is 96.5 Å². The molecule has 0 fully saturated rings. The van der Waals surface area contributed by atoms with E-state index >= 15 is 0 Å². The fraction of sp³-hybridized carbons (Fsp3) is 0.357. The number of tetrazole rings is 1. The zero-order valence-electron chi connectivity index (χ0n) is 12.7. The Bertz CT molecular complexity index is 762. The summed E-state index contributed by atoms with van der Waals surface area (Å²) in [6, 6.07) is 6.69. The standard InChI is InChI=1S/C14H14F2N6O2/c1-9-7-14(24,13(15)16)22(18-9)12(23)6-10-2-4-11(5-3-10)21-8-17-19-20-21/h2-5,8,13,24H,6-7H2,1H3. The molecule has 8 nitrogen and oxygen atoms in total. The second-order valence-corrected chi connectivity index (χ2v) is 5.49. The van der Waals surface area contributed by atoms with E-state index in [0.717, 1.165) is 0 Å². The number of hydrogen-bond acceptors (Lipinski definition) is 6. The van der Waals surface area contributed by atoms with Crippen LogP contribution < -0.4 is 0 Å². The third kappa shape index (κ3) is 2.87. The molecule has 0 aliphatic carbocycles. The zero-order chi connectivity index (χ0) is 17.3. The molecule has 0 spiro atoms. The maximum Gasteiger partial charge on any atom is 0.287 e. The van der Waals surface area contributed by atoms with Crippen LogP contribution in [0.5, 0.6) is 0 Å². The summed E-state index contributed by atoms with van der Waals surface area (Å²) >= 11 is 0. The second kappa shape index (κ2) is 6.04. The summed E-state index contributed by atoms with van der Waals surface area (Å²) in [6.45, 7) is 1.49. The van der Waals surface area contributed by atoms with E-state index in [0.29, 0.717) is 16.3 Å². The summed E-state index contributed by atoms with van der Waals surface area (Å²) in [5.74, 6) is -0.704. The van der Waals surface area contributed by atoms with Crippen molar-refractivity contribution in [3.63, 3.8) is 0 Å². The van der Waals surface area contributed by atoms with Crippen molar-refractivity contribution >= 4 is 11.6 Å². The van der Waals surface area contributed by atoms with Gasteiger partial charge >= 0.3 is 0 Å². The minimum Gasteiger partial charge on any atom is -0.364 e. The quantitative estimate of drug-likeness (QED) is 0.889. The number of alkyl halides is 2. The number of hydrogen-bond donors (Lipinski definition) is 1. The molecule has 0 saturated carbocycles. The number of amides is 1. The van der Waals surface area contributed by atoms with E-state index in [1.807, 2.05) is 0 Å². The Labute approximate surface area is 135 Å². The first kappa shape index (κ1) is 16.1. The Balaban J connectivity index is 1.75. The normalized spacial score (nSPS) is 20.5. The molecule has 0 bridgehead atoms. The van der Waals surface area contributed by atoms with Crippen LogP contribution in [0, 0.1) is 0 Å². The van der Waals surface area contributed by atoms with Crippen molar-refractivity contribution in [2.45, 2.75) is 31.9 Å². The van der Waals surface area contributed by atoms with E-state index < -0.39 is 18.1 Å². The first-order chi connectivity index (χ1) is 11.4. The van der Waals surface area contributed by atoms with Crippen molar-refractivity contribution in [2.24, 2.45) is 5.10 Å². The van der Waals surface area contributed by atoms with Gasteiger partial charge in [0.05, 0.1) is 12.1 Å². The molecule has 1 aromatic heterocycles. The van der Waals surface area contributed by atoms with E-state index in [1.165, 1.54) is 17.9 Å². The minimum atomic E-state index is -3.11. The fourth-order valence-electron chi connectivity index (χ4n) is 2.48. The smallest absolute Gasteiger partial charge is 0.287 e. The van der Waals surface area contributed by atoms with E-state index in [-0.39, 0.29) is 18.6 Å². The Kier molecular flexibility index (Phi) is 4.06. The number of aromatic nitrogens is 4. The fourth-order valence-corrected chi connectivity index (χ4v) is 2.48. The molecular weight excluding hydrogens is 322 g/mol. The summed E-state index contributed by atoms with van der Waals surface area (Å²) < 4.78 is 27.7. The molecule has 1 amide bonds. The molecule has 3 rings (SSSR count). The van der Waals surface area contributed by atoms with Crippen molar-refractivity contribution in [3.05, 3.63) is 36.2 Å². The number of nitrogens with zero attached hydrogens (tertiary/aromatic N) is 6. The molecule has 10 heteroatoms. The monoisotopic (exact) mass is 336 g/mol. The van der Waals surface area contributed by atoms with Gasteiger partial charge in [-0.3, -0.25) is 4.79 Å². The van der Waals surface area contributed by atoms with Crippen molar-refractivity contribution in [3.8, 4) is 5.69 Å². The van der Waals surface area contributed by atoms with Gasteiger partial charge in [0.25, 0.3) is 6.43 Å². The molecule has 1 aliphatic heterocycles. The van der Waals surface area contributed by atoms with Crippen LogP contribution in [0.1, 0.15) is 18.9 Å². The minimum absolute atomic E-state index is 0.165. The van der Waals surface area contributed by atoms with Crippen LogP contribution in [0.15, 0.2) is 35.7 Å². The highest BCUT2D eigenvalue weighted by Gasteiger charge is 2.50. The van der Waals surface area contributed by atoms with Crippen molar-refractivity contribution in [1.82, 2.24) is 25.2 Å². The molecule has 126 valence electrons. The van der Waals surface area contributed by atoms with Gasteiger partial charge in [0.2, 0.25) is 11.6 Å². The lowest BCUT2D eigenvalue weighted by Crippen LogP contribution is -2.51. The van der Waals surface area contributed by atoms with Crippen LogP contribution in [0.4, 0.5) is 8.78 Å². The Morgan fingerprint density at radius 3 is 2.67 bits per heavy atom. The zero-order valence-corrected chi connectivity index (χ0v) is 12.7. The number of rotatable bonds is 4. The maximum atomic E-state index is 13.1. The highest BCUT2D eigenvalue weighted by molar-refractivity contribution is 5.89. The van der Waals surface area contributed by atoms with E-state index in [2.05, 4.69) is 20.6 Å². The molecule has 24 heavy (non-hydrogen) atoms. The highest BCUT2D eigenvalue weighted by atomic mass is 19.3. The van der Waals surface area contributed by atoms with Crippen LogP contribution in [0.25, 0.3) is 5.69 Å². The lowest BCUT2D eigenvalue weighted by atomic mass is 10.1. The van der Waals surface area contributed by atoms with Gasteiger partial charge in [0.15, 0.2) is 0 Å². The molecule has 1 aromatic carbocycles. The largest absolute Gasteiger partial charge is 0.364 e. The van der Waals surface area contributed by atoms with Crippen molar-refractivity contribution in [1.29, 1.82) is 0 Å². The van der Waals surface area contributed by atoms with Crippen LogP contribution in [0.2, 0.25) is 0 Å². The molecule has 2 aromatic rings.